The first-order valence-corrected chi connectivity index (χ1v) is 5.24. The van der Waals surface area contributed by atoms with E-state index in [9.17, 15) is 9.59 Å². The Kier molecular flexibility index (Phi) is 4.19. The van der Waals surface area contributed by atoms with E-state index in [2.05, 4.69) is 15.6 Å². The van der Waals surface area contributed by atoms with Crippen LogP contribution in [0.25, 0.3) is 0 Å². The molecule has 1 rings (SSSR count). The maximum atomic E-state index is 11.4. The van der Waals surface area contributed by atoms with E-state index >= 15 is 0 Å². The van der Waals surface area contributed by atoms with Gasteiger partial charge >= 0.3 is 12.1 Å². The van der Waals surface area contributed by atoms with Crippen LogP contribution in [-0.4, -0.2) is 24.8 Å². The molecule has 0 saturated carbocycles. The number of methoxy groups -OCH3 is 1. The zero-order valence-corrected chi connectivity index (χ0v) is 10.7. The molecule has 0 unspecified atom stereocenters. The second-order valence-electron chi connectivity index (χ2n) is 4.41. The number of carbonyl (C=O) groups excluding carboxylic acids is 2. The Bertz CT molecular complexity index is 433. The molecule has 0 aromatic carbocycles. The van der Waals surface area contributed by atoms with Gasteiger partial charge in [-0.15, -0.1) is 0 Å². The van der Waals surface area contributed by atoms with Gasteiger partial charge in [0, 0.05) is 6.07 Å². The van der Waals surface area contributed by atoms with Crippen molar-refractivity contribution in [2.75, 3.05) is 12.5 Å². The zero-order chi connectivity index (χ0) is 13.8. The van der Waals surface area contributed by atoms with Gasteiger partial charge in [0.25, 0.3) is 0 Å². The van der Waals surface area contributed by atoms with E-state index in [1.54, 1.807) is 20.8 Å². The summed E-state index contributed by atoms with van der Waals surface area (Å²) in [5.41, 5.74) is 4.47. The number of esters is 1. The minimum Gasteiger partial charge on any atom is -0.463 e. The molecule has 18 heavy (non-hydrogen) atoms. The van der Waals surface area contributed by atoms with Crippen LogP contribution in [0.4, 0.5) is 10.5 Å². The highest BCUT2D eigenvalue weighted by Gasteiger charge is 2.18. The van der Waals surface area contributed by atoms with Crippen LogP contribution in [0.5, 0.6) is 0 Å². The standard InChI is InChI=1S/C11H16N2O5/c1-11(2,3)18-10(15)13-12-7-5-6-17-8(7)9(14)16-4/h5-6,12H,1-4H3,(H,13,15). The fourth-order valence-corrected chi connectivity index (χ4v) is 1.08. The number of hydrazine groups is 1. The molecule has 0 aliphatic rings. The van der Waals surface area contributed by atoms with Crippen molar-refractivity contribution in [2.45, 2.75) is 26.4 Å². The molecule has 0 saturated heterocycles. The van der Waals surface area contributed by atoms with Crippen molar-refractivity contribution in [3.63, 3.8) is 0 Å². The summed E-state index contributed by atoms with van der Waals surface area (Å²) < 4.78 is 14.4. The number of furan rings is 1. The fourth-order valence-electron chi connectivity index (χ4n) is 1.08. The first kappa shape index (κ1) is 13.9. The molecule has 0 radical (unpaired) electrons. The smallest absolute Gasteiger partial charge is 0.426 e. The van der Waals surface area contributed by atoms with Crippen LogP contribution in [0.3, 0.4) is 0 Å². The molecule has 2 N–H and O–H groups in total. The molecule has 0 fully saturated rings. The van der Waals surface area contributed by atoms with Gasteiger partial charge in [-0.05, 0) is 20.8 Å². The number of anilines is 1. The molecule has 100 valence electrons. The highest BCUT2D eigenvalue weighted by atomic mass is 16.6. The summed E-state index contributed by atoms with van der Waals surface area (Å²) >= 11 is 0. The lowest BCUT2D eigenvalue weighted by molar-refractivity contribution is 0.0532. The quantitative estimate of drug-likeness (QED) is 0.634. The second kappa shape index (κ2) is 5.44. The maximum Gasteiger partial charge on any atom is 0.426 e. The highest BCUT2D eigenvalue weighted by molar-refractivity contribution is 5.92. The fraction of sp³-hybridized carbons (Fsp3) is 0.455. The third-order valence-corrected chi connectivity index (χ3v) is 1.73. The lowest BCUT2D eigenvalue weighted by Crippen LogP contribution is -2.36. The molecular formula is C11H16N2O5. The van der Waals surface area contributed by atoms with E-state index in [1.807, 2.05) is 0 Å². The summed E-state index contributed by atoms with van der Waals surface area (Å²) in [7, 11) is 1.23. The predicted octanol–water partition coefficient (Wildman–Crippen LogP) is 1.92. The molecule has 0 aliphatic carbocycles. The van der Waals surface area contributed by atoms with E-state index in [1.165, 1.54) is 19.4 Å². The summed E-state index contributed by atoms with van der Waals surface area (Å²) in [5.74, 6) is -0.679. The van der Waals surface area contributed by atoms with Gasteiger partial charge in [0.1, 0.15) is 11.3 Å². The molecule has 1 heterocycles. The third-order valence-electron chi connectivity index (χ3n) is 1.73. The summed E-state index contributed by atoms with van der Waals surface area (Å²) in [6.45, 7) is 5.22. The number of rotatable bonds is 3. The van der Waals surface area contributed by atoms with Gasteiger partial charge in [-0.1, -0.05) is 0 Å². The Balaban J connectivity index is 2.57. The van der Waals surface area contributed by atoms with E-state index in [0.717, 1.165) is 0 Å². The molecule has 1 aromatic heterocycles. The maximum absolute atomic E-state index is 11.4. The minimum absolute atomic E-state index is 0.0337. The van der Waals surface area contributed by atoms with Crippen molar-refractivity contribution >= 4 is 17.7 Å². The van der Waals surface area contributed by atoms with Crippen LogP contribution in [0.2, 0.25) is 0 Å². The van der Waals surface area contributed by atoms with E-state index < -0.39 is 17.7 Å². The molecule has 7 nitrogen and oxygen atoms in total. The van der Waals surface area contributed by atoms with Gasteiger partial charge < -0.3 is 13.9 Å². The molecule has 7 heteroatoms. The number of nitrogens with one attached hydrogen (secondary N) is 2. The molecular weight excluding hydrogens is 240 g/mol. The molecule has 0 aliphatic heterocycles. The van der Waals surface area contributed by atoms with Crippen molar-refractivity contribution in [3.8, 4) is 0 Å². The SMILES string of the molecule is COC(=O)c1occc1NNC(=O)OC(C)(C)C. The average Bonchev–Trinajstić information content (AvgIpc) is 2.71. The van der Waals surface area contributed by atoms with Crippen LogP contribution in [-0.2, 0) is 9.47 Å². The Morgan fingerprint density at radius 3 is 2.56 bits per heavy atom. The number of ether oxygens (including phenoxy) is 2. The minimum atomic E-state index is -0.667. The topological polar surface area (TPSA) is 89.8 Å². The van der Waals surface area contributed by atoms with E-state index in [4.69, 9.17) is 9.15 Å². The number of hydrogen-bond donors (Lipinski definition) is 2. The first-order chi connectivity index (χ1) is 8.33. The second-order valence-corrected chi connectivity index (χ2v) is 4.41. The average molecular weight is 256 g/mol. The zero-order valence-electron chi connectivity index (χ0n) is 10.7. The summed E-state index contributed by atoms with van der Waals surface area (Å²) in [6.07, 6.45) is 0.630. The van der Waals surface area contributed by atoms with Crippen molar-refractivity contribution in [2.24, 2.45) is 0 Å². The Morgan fingerprint density at radius 2 is 2.00 bits per heavy atom. The van der Waals surface area contributed by atoms with E-state index in [0.29, 0.717) is 0 Å². The molecule has 0 spiro atoms. The summed E-state index contributed by atoms with van der Waals surface area (Å²) in [4.78, 5) is 22.6. The van der Waals surface area contributed by atoms with Gasteiger partial charge in [0.2, 0.25) is 5.76 Å². The Labute approximate surface area is 104 Å². The number of amides is 1. The Morgan fingerprint density at radius 1 is 1.33 bits per heavy atom. The lowest BCUT2D eigenvalue weighted by atomic mass is 10.2. The van der Waals surface area contributed by atoms with Crippen molar-refractivity contribution in [3.05, 3.63) is 18.1 Å². The summed E-state index contributed by atoms with van der Waals surface area (Å²) in [5, 5.41) is 0. The van der Waals surface area contributed by atoms with Crippen LogP contribution in [0.15, 0.2) is 16.7 Å². The van der Waals surface area contributed by atoms with Gasteiger partial charge in [-0.3, -0.25) is 5.43 Å². The Hall–Kier alpha value is -2.18. The van der Waals surface area contributed by atoms with Crippen molar-refractivity contribution < 1.29 is 23.5 Å². The number of hydrogen-bond acceptors (Lipinski definition) is 6. The van der Waals surface area contributed by atoms with E-state index in [-0.39, 0.29) is 11.4 Å². The predicted molar refractivity (Wildman–Crippen MR) is 63.0 cm³/mol. The highest BCUT2D eigenvalue weighted by Crippen LogP contribution is 2.16. The monoisotopic (exact) mass is 256 g/mol. The third kappa shape index (κ3) is 4.00. The largest absolute Gasteiger partial charge is 0.463 e. The van der Waals surface area contributed by atoms with Crippen molar-refractivity contribution in [1.82, 2.24) is 5.43 Å². The van der Waals surface area contributed by atoms with Gasteiger partial charge in [-0.25, -0.2) is 15.0 Å². The number of carbonyl (C=O) groups is 2. The van der Waals surface area contributed by atoms with Crippen molar-refractivity contribution in [1.29, 1.82) is 0 Å². The van der Waals surface area contributed by atoms with Crippen LogP contribution in [0.1, 0.15) is 31.3 Å². The normalized spacial score (nSPS) is 10.7. The van der Waals surface area contributed by atoms with Crippen LogP contribution >= 0.6 is 0 Å². The lowest BCUT2D eigenvalue weighted by Gasteiger charge is -2.19. The first-order valence-electron chi connectivity index (χ1n) is 5.24. The van der Waals surface area contributed by atoms with Gasteiger partial charge in [0.15, 0.2) is 0 Å². The van der Waals surface area contributed by atoms with Crippen LogP contribution < -0.4 is 10.9 Å². The molecule has 1 amide bonds. The molecule has 1 aromatic rings. The van der Waals surface area contributed by atoms with Gasteiger partial charge in [-0.2, -0.15) is 0 Å². The molecule has 0 bridgehead atoms. The van der Waals surface area contributed by atoms with Gasteiger partial charge in [0.05, 0.1) is 13.4 Å². The van der Waals surface area contributed by atoms with Crippen LogP contribution in [0, 0.1) is 0 Å². The summed E-state index contributed by atoms with van der Waals surface area (Å²) in [6, 6.07) is 1.48. The molecule has 0 atom stereocenters.